The number of carboxylic acids is 1. The van der Waals surface area contributed by atoms with Gasteiger partial charge in [0, 0.05) is 5.69 Å². The van der Waals surface area contributed by atoms with Gasteiger partial charge in [0.1, 0.15) is 12.3 Å². The molecule has 2 rings (SSSR count). The highest BCUT2D eigenvalue weighted by atomic mass is 16.5. The monoisotopic (exact) mass is 290 g/mol. The number of aryl methyl sites for hydroxylation is 1. The molecule has 0 aliphatic rings. The molecule has 0 fully saturated rings. The summed E-state index contributed by atoms with van der Waals surface area (Å²) < 4.78 is 0. The number of aliphatic carboxylic acids is 1. The Morgan fingerprint density at radius 2 is 1.81 bits per heavy atom. The number of nitrogen functional groups attached to an aromatic ring is 1. The summed E-state index contributed by atoms with van der Waals surface area (Å²) in [6.07, 6.45) is 0. The highest BCUT2D eigenvalue weighted by Gasteiger charge is 2.05. The summed E-state index contributed by atoms with van der Waals surface area (Å²) in [4.78, 5) is 10.2. The number of aromatic hydroxyl groups is 1. The number of hydroxylamine groups is 1. The van der Waals surface area contributed by atoms with Crippen molar-refractivity contribution >= 4 is 17.3 Å². The van der Waals surface area contributed by atoms with Crippen LogP contribution in [0.1, 0.15) is 5.56 Å². The minimum absolute atomic E-state index is 0.296. The van der Waals surface area contributed by atoms with Crippen molar-refractivity contribution in [2.24, 2.45) is 0 Å². The molecule has 2 aromatic carbocycles. The molecule has 0 aliphatic carbocycles. The first-order valence-electron chi connectivity index (χ1n) is 6.18. The van der Waals surface area contributed by atoms with Gasteiger partial charge >= 0.3 is 5.97 Å². The summed E-state index contributed by atoms with van der Waals surface area (Å²) in [5.74, 6) is -0.773. The third-order valence-corrected chi connectivity index (χ3v) is 2.56. The van der Waals surface area contributed by atoms with Crippen LogP contribution in [0.5, 0.6) is 5.75 Å². The Balaban J connectivity index is 0.000000219. The molecule has 0 saturated heterocycles. The van der Waals surface area contributed by atoms with Gasteiger partial charge in [-0.1, -0.05) is 18.2 Å². The Morgan fingerprint density at radius 1 is 1.19 bits per heavy atom. The molecule has 112 valence electrons. The van der Waals surface area contributed by atoms with Crippen molar-refractivity contribution in [3.05, 3.63) is 54.1 Å². The standard InChI is InChI=1S/C8H9NO3.C7H9NO/c10-8(11)6-9(12)7-4-2-1-3-5-7;1-5-4-6(8)2-3-7(5)9/h1-5,12H,6H2,(H,10,11);2-4,9H,8H2,1H3. The summed E-state index contributed by atoms with van der Waals surface area (Å²) in [6, 6.07) is 13.5. The lowest BCUT2D eigenvalue weighted by atomic mass is 10.2. The fourth-order valence-electron chi connectivity index (χ4n) is 1.50. The van der Waals surface area contributed by atoms with E-state index in [0.29, 0.717) is 22.2 Å². The van der Waals surface area contributed by atoms with E-state index in [2.05, 4.69) is 0 Å². The van der Waals surface area contributed by atoms with Crippen LogP contribution in [0.15, 0.2) is 48.5 Å². The predicted octanol–water partition coefficient (Wildman–Crippen LogP) is 2.25. The maximum absolute atomic E-state index is 10.2. The molecule has 0 radical (unpaired) electrons. The number of carboxylic acid groups (broad SMARTS) is 1. The Labute approximate surface area is 122 Å². The van der Waals surface area contributed by atoms with Gasteiger partial charge in [-0.05, 0) is 42.8 Å². The van der Waals surface area contributed by atoms with Gasteiger partial charge in [0.25, 0.3) is 0 Å². The van der Waals surface area contributed by atoms with E-state index < -0.39 is 12.5 Å². The molecule has 0 spiro atoms. The molecule has 0 aromatic heterocycles. The number of phenols is 1. The van der Waals surface area contributed by atoms with Crippen LogP contribution in [0, 0.1) is 6.92 Å². The molecule has 0 aliphatic heterocycles. The molecule has 0 bridgehead atoms. The number of hydrogen-bond donors (Lipinski definition) is 4. The quantitative estimate of drug-likeness (QED) is 0.392. The third-order valence-electron chi connectivity index (χ3n) is 2.56. The zero-order valence-corrected chi connectivity index (χ0v) is 11.6. The maximum atomic E-state index is 10.2. The second-order valence-electron chi connectivity index (χ2n) is 4.33. The summed E-state index contributed by atoms with van der Waals surface area (Å²) in [5, 5.41) is 27.2. The minimum atomic E-state index is -1.07. The van der Waals surface area contributed by atoms with E-state index in [1.807, 2.05) is 6.92 Å². The van der Waals surface area contributed by atoms with E-state index in [1.54, 1.807) is 48.5 Å². The Kier molecular flexibility index (Phi) is 6.03. The average Bonchev–Trinajstić information content (AvgIpc) is 2.44. The molecule has 21 heavy (non-hydrogen) atoms. The second-order valence-corrected chi connectivity index (χ2v) is 4.33. The molecule has 0 amide bonds. The molecule has 2 aromatic rings. The number of phenolic OH excluding ortho intramolecular Hbond substituents is 1. The lowest BCUT2D eigenvalue weighted by Gasteiger charge is -2.13. The van der Waals surface area contributed by atoms with Gasteiger partial charge in [-0.15, -0.1) is 0 Å². The van der Waals surface area contributed by atoms with Gasteiger partial charge in [0.05, 0.1) is 5.69 Å². The fraction of sp³-hybridized carbons (Fsp3) is 0.133. The molecule has 6 heteroatoms. The van der Waals surface area contributed by atoms with Gasteiger partial charge < -0.3 is 15.9 Å². The molecular formula is C15H18N2O4. The van der Waals surface area contributed by atoms with Crippen molar-refractivity contribution in [2.45, 2.75) is 6.92 Å². The van der Waals surface area contributed by atoms with Crippen molar-refractivity contribution in [3.63, 3.8) is 0 Å². The lowest BCUT2D eigenvalue weighted by Crippen LogP contribution is -2.25. The average molecular weight is 290 g/mol. The first-order chi connectivity index (χ1) is 9.90. The topological polar surface area (TPSA) is 107 Å². The van der Waals surface area contributed by atoms with E-state index >= 15 is 0 Å². The van der Waals surface area contributed by atoms with Gasteiger partial charge in [0.2, 0.25) is 0 Å². The van der Waals surface area contributed by atoms with Crippen molar-refractivity contribution in [1.82, 2.24) is 0 Å². The smallest absolute Gasteiger partial charge is 0.325 e. The zero-order valence-electron chi connectivity index (χ0n) is 11.6. The van der Waals surface area contributed by atoms with E-state index in [4.69, 9.17) is 21.2 Å². The number of hydrogen-bond acceptors (Lipinski definition) is 5. The Bertz CT molecular complexity index is 587. The molecule has 6 nitrogen and oxygen atoms in total. The van der Waals surface area contributed by atoms with Gasteiger partial charge in [-0.3, -0.25) is 10.0 Å². The number of nitrogens with zero attached hydrogens (tertiary/aromatic N) is 1. The SMILES string of the molecule is Cc1cc(N)ccc1O.O=C(O)CN(O)c1ccccc1. The number of carbonyl (C=O) groups is 1. The van der Waals surface area contributed by atoms with Crippen molar-refractivity contribution in [1.29, 1.82) is 0 Å². The van der Waals surface area contributed by atoms with Crippen LogP contribution in [0.2, 0.25) is 0 Å². The van der Waals surface area contributed by atoms with Crippen LogP contribution >= 0.6 is 0 Å². The van der Waals surface area contributed by atoms with Crippen molar-refractivity contribution in [2.75, 3.05) is 17.3 Å². The summed E-state index contributed by atoms with van der Waals surface area (Å²) >= 11 is 0. The van der Waals surface area contributed by atoms with Crippen molar-refractivity contribution < 1.29 is 20.2 Å². The second kappa shape index (κ2) is 7.76. The molecule has 5 N–H and O–H groups in total. The van der Waals surface area contributed by atoms with E-state index in [0.717, 1.165) is 5.56 Å². The van der Waals surface area contributed by atoms with Gasteiger partial charge in [-0.25, -0.2) is 5.06 Å². The largest absolute Gasteiger partial charge is 0.508 e. The predicted molar refractivity (Wildman–Crippen MR) is 80.5 cm³/mol. The first kappa shape index (κ1) is 16.3. The number of anilines is 2. The van der Waals surface area contributed by atoms with Crippen LogP contribution in [0.3, 0.4) is 0 Å². The van der Waals surface area contributed by atoms with Crippen LogP contribution in [-0.4, -0.2) is 27.9 Å². The molecular weight excluding hydrogens is 272 g/mol. The van der Waals surface area contributed by atoms with Crippen LogP contribution in [-0.2, 0) is 4.79 Å². The normalized spacial score (nSPS) is 9.43. The maximum Gasteiger partial charge on any atom is 0.325 e. The Morgan fingerprint density at radius 3 is 2.29 bits per heavy atom. The summed E-state index contributed by atoms with van der Waals surface area (Å²) in [6.45, 7) is 1.40. The molecule has 0 atom stereocenters. The third kappa shape index (κ3) is 5.84. The Hall–Kier alpha value is -2.73. The number of para-hydroxylation sites is 1. The van der Waals surface area contributed by atoms with E-state index in [1.165, 1.54) is 0 Å². The van der Waals surface area contributed by atoms with Gasteiger partial charge in [-0.2, -0.15) is 0 Å². The summed E-state index contributed by atoms with van der Waals surface area (Å²) in [5.41, 5.74) is 7.39. The van der Waals surface area contributed by atoms with Gasteiger partial charge in [0.15, 0.2) is 0 Å². The highest BCUT2D eigenvalue weighted by molar-refractivity contribution is 5.72. The number of rotatable bonds is 3. The minimum Gasteiger partial charge on any atom is -0.508 e. The fourth-order valence-corrected chi connectivity index (χ4v) is 1.50. The lowest BCUT2D eigenvalue weighted by molar-refractivity contribution is -0.136. The highest BCUT2D eigenvalue weighted by Crippen LogP contribution is 2.17. The number of nitrogens with two attached hydrogens (primary N) is 1. The van der Waals surface area contributed by atoms with Crippen molar-refractivity contribution in [3.8, 4) is 5.75 Å². The van der Waals surface area contributed by atoms with Crippen LogP contribution in [0.4, 0.5) is 11.4 Å². The molecule has 0 heterocycles. The number of benzene rings is 2. The molecule has 0 saturated carbocycles. The summed E-state index contributed by atoms with van der Waals surface area (Å²) in [7, 11) is 0. The van der Waals surface area contributed by atoms with E-state index in [9.17, 15) is 4.79 Å². The molecule has 0 unspecified atom stereocenters. The van der Waals surface area contributed by atoms with Crippen LogP contribution < -0.4 is 10.8 Å². The first-order valence-corrected chi connectivity index (χ1v) is 6.18. The van der Waals surface area contributed by atoms with E-state index in [-0.39, 0.29) is 0 Å². The van der Waals surface area contributed by atoms with Crippen LogP contribution in [0.25, 0.3) is 0 Å². The zero-order chi connectivity index (χ0) is 15.8.